The first kappa shape index (κ1) is 33.0. The van der Waals surface area contributed by atoms with E-state index in [1.807, 2.05) is 12.1 Å². The molecular formula is C36H58OS. The van der Waals surface area contributed by atoms with Crippen molar-refractivity contribution in [2.45, 2.75) is 165 Å². The molecule has 2 heteroatoms. The molecule has 0 N–H and O–H groups in total. The Bertz CT molecular complexity index is 749. The molecule has 0 spiro atoms. The van der Waals surface area contributed by atoms with Crippen molar-refractivity contribution in [1.29, 1.82) is 0 Å². The highest BCUT2D eigenvalue weighted by molar-refractivity contribution is 7.91. The van der Waals surface area contributed by atoms with Crippen molar-refractivity contribution in [2.24, 2.45) is 0 Å². The van der Waals surface area contributed by atoms with Crippen LogP contribution in [0.5, 0.6) is 0 Å². The van der Waals surface area contributed by atoms with E-state index in [2.05, 4.69) is 50.2 Å². The predicted octanol–water partition coefficient (Wildman–Crippen LogP) is 11.8. The Morgan fingerprint density at radius 3 is 1.11 bits per heavy atom. The minimum absolute atomic E-state index is 0.950. The van der Waals surface area contributed by atoms with Gasteiger partial charge in [0.1, 0.15) is 0 Å². The summed E-state index contributed by atoms with van der Waals surface area (Å²) in [5.74, 6) is 0. The Morgan fingerprint density at radius 1 is 0.447 bits per heavy atom. The molecule has 0 aliphatic carbocycles. The van der Waals surface area contributed by atoms with Gasteiger partial charge >= 0.3 is 0 Å². The van der Waals surface area contributed by atoms with E-state index in [4.69, 9.17) is 0 Å². The molecule has 0 bridgehead atoms. The van der Waals surface area contributed by atoms with Crippen LogP contribution in [0.15, 0.2) is 58.3 Å². The molecule has 1 nitrogen and oxygen atoms in total. The van der Waals surface area contributed by atoms with Crippen LogP contribution in [0.4, 0.5) is 0 Å². The van der Waals surface area contributed by atoms with Crippen molar-refractivity contribution in [3.8, 4) is 0 Å². The van der Waals surface area contributed by atoms with Crippen LogP contribution in [0.2, 0.25) is 0 Å². The van der Waals surface area contributed by atoms with Gasteiger partial charge in [-0.15, -0.1) is 0 Å². The van der Waals surface area contributed by atoms with Crippen molar-refractivity contribution in [2.75, 3.05) is 0 Å². The highest BCUT2D eigenvalue weighted by atomic mass is 32.2. The van der Waals surface area contributed by atoms with Crippen molar-refractivity contribution < 1.29 is 4.55 Å². The summed E-state index contributed by atoms with van der Waals surface area (Å²) in [7, 11) is 0. The standard InChI is InChI=1S/C36H58OS/c1-3-5-7-9-11-13-15-17-19-21-25-33-27-23-29-35(31-33)38(37)36-30-24-28-34(32-36)26-22-20-18-16-14-12-10-8-6-4-2/h23-24,27-32H,3-22,25-26H2,1-2H3. The van der Waals surface area contributed by atoms with Crippen molar-refractivity contribution in [3.63, 3.8) is 0 Å². The van der Waals surface area contributed by atoms with Crippen LogP contribution >= 0.6 is 0 Å². The van der Waals surface area contributed by atoms with Gasteiger partial charge in [-0.3, -0.25) is 0 Å². The largest absolute Gasteiger partial charge is 0.606 e. The Hall–Kier alpha value is -1.25. The lowest BCUT2D eigenvalue weighted by Gasteiger charge is -2.12. The van der Waals surface area contributed by atoms with Crippen LogP contribution in [0, 0.1) is 0 Å². The number of unbranched alkanes of at least 4 members (excludes halogenated alkanes) is 18. The maximum Gasteiger partial charge on any atom is 0.158 e. The van der Waals surface area contributed by atoms with Crippen LogP contribution in [0.3, 0.4) is 0 Å². The average molecular weight is 539 g/mol. The van der Waals surface area contributed by atoms with Gasteiger partial charge in [-0.05, 0) is 61.1 Å². The maximum atomic E-state index is 13.3. The summed E-state index contributed by atoms with van der Waals surface area (Å²) in [5.41, 5.74) is 2.66. The van der Waals surface area contributed by atoms with E-state index < -0.39 is 11.2 Å². The number of benzene rings is 2. The number of aryl methyl sites for hydroxylation is 2. The molecule has 0 aliphatic rings. The van der Waals surface area contributed by atoms with Gasteiger partial charge < -0.3 is 4.55 Å². The molecule has 0 aromatic heterocycles. The van der Waals surface area contributed by atoms with Crippen LogP contribution in [-0.2, 0) is 24.0 Å². The summed E-state index contributed by atoms with van der Waals surface area (Å²) >= 11 is -1.10. The molecule has 0 saturated carbocycles. The van der Waals surface area contributed by atoms with E-state index in [-0.39, 0.29) is 0 Å². The zero-order valence-electron chi connectivity index (χ0n) is 25.0. The molecule has 0 unspecified atom stereocenters. The summed E-state index contributed by atoms with van der Waals surface area (Å²) in [4.78, 5) is 1.90. The quantitative estimate of drug-likeness (QED) is 0.0962. The fraction of sp³-hybridized carbons (Fsp3) is 0.667. The zero-order valence-corrected chi connectivity index (χ0v) is 25.8. The average Bonchev–Trinajstić information content (AvgIpc) is 2.95. The summed E-state index contributed by atoms with van der Waals surface area (Å²) < 4.78 is 13.3. The first-order valence-corrected chi connectivity index (χ1v) is 17.5. The van der Waals surface area contributed by atoms with Crippen molar-refractivity contribution in [1.82, 2.24) is 0 Å². The van der Waals surface area contributed by atoms with Gasteiger partial charge in [-0.25, -0.2) is 0 Å². The van der Waals surface area contributed by atoms with E-state index in [1.165, 1.54) is 140 Å². The summed E-state index contributed by atoms with van der Waals surface area (Å²) in [6.07, 6.45) is 29.5. The fourth-order valence-corrected chi connectivity index (χ4v) is 6.60. The first-order valence-electron chi connectivity index (χ1n) is 16.3. The maximum absolute atomic E-state index is 13.3. The van der Waals surface area contributed by atoms with E-state index >= 15 is 0 Å². The van der Waals surface area contributed by atoms with Gasteiger partial charge in [0, 0.05) is 11.2 Å². The third-order valence-electron chi connectivity index (χ3n) is 7.86. The number of hydrogen-bond donors (Lipinski definition) is 0. The fourth-order valence-electron chi connectivity index (χ4n) is 5.40. The zero-order chi connectivity index (χ0) is 27.1. The highest BCUT2D eigenvalue weighted by Gasteiger charge is 2.15. The third-order valence-corrected chi connectivity index (χ3v) is 9.23. The van der Waals surface area contributed by atoms with Gasteiger partial charge in [0.25, 0.3) is 0 Å². The van der Waals surface area contributed by atoms with E-state index in [0.29, 0.717) is 0 Å². The van der Waals surface area contributed by atoms with Crippen LogP contribution < -0.4 is 0 Å². The minimum Gasteiger partial charge on any atom is -0.606 e. The Balaban J connectivity index is 1.65. The van der Waals surface area contributed by atoms with E-state index in [0.717, 1.165) is 22.6 Å². The molecule has 214 valence electrons. The summed E-state index contributed by atoms with van der Waals surface area (Å²) in [6, 6.07) is 17.0. The molecule has 0 atom stereocenters. The van der Waals surface area contributed by atoms with Gasteiger partial charge in [0.05, 0.1) is 0 Å². The summed E-state index contributed by atoms with van der Waals surface area (Å²) in [6.45, 7) is 4.57. The molecule has 38 heavy (non-hydrogen) atoms. The van der Waals surface area contributed by atoms with Gasteiger partial charge in [0.15, 0.2) is 9.79 Å². The van der Waals surface area contributed by atoms with Crippen LogP contribution in [0.25, 0.3) is 0 Å². The second-order valence-corrected chi connectivity index (χ2v) is 12.9. The highest BCUT2D eigenvalue weighted by Crippen LogP contribution is 2.24. The van der Waals surface area contributed by atoms with Gasteiger partial charge in [-0.2, -0.15) is 0 Å². The molecule has 0 saturated heterocycles. The molecule has 0 heterocycles. The smallest absolute Gasteiger partial charge is 0.158 e. The van der Waals surface area contributed by atoms with Gasteiger partial charge in [0.2, 0.25) is 0 Å². The minimum atomic E-state index is -1.10. The second kappa shape index (κ2) is 22.6. The first-order chi connectivity index (χ1) is 18.7. The van der Waals surface area contributed by atoms with Crippen molar-refractivity contribution >= 4 is 11.2 Å². The molecule has 2 rings (SSSR count). The molecule has 0 fully saturated rings. The lowest BCUT2D eigenvalue weighted by Crippen LogP contribution is -2.03. The number of hydrogen-bond acceptors (Lipinski definition) is 1. The Morgan fingerprint density at radius 2 is 0.763 bits per heavy atom. The number of rotatable bonds is 24. The second-order valence-electron chi connectivity index (χ2n) is 11.4. The lowest BCUT2D eigenvalue weighted by atomic mass is 10.0. The summed E-state index contributed by atoms with van der Waals surface area (Å²) in [5, 5.41) is 0. The van der Waals surface area contributed by atoms with Gasteiger partial charge in [-0.1, -0.05) is 154 Å². The Labute approximate surface area is 239 Å². The molecule has 2 aromatic rings. The van der Waals surface area contributed by atoms with Crippen LogP contribution in [0.1, 0.15) is 153 Å². The topological polar surface area (TPSA) is 23.1 Å². The SMILES string of the molecule is CCCCCCCCCCCCc1cccc([S+]([O-])c2cccc(CCCCCCCCCCCC)c2)c1. The van der Waals surface area contributed by atoms with E-state index in [9.17, 15) is 4.55 Å². The van der Waals surface area contributed by atoms with Crippen molar-refractivity contribution in [3.05, 3.63) is 59.7 Å². The third kappa shape index (κ3) is 15.4. The predicted molar refractivity (Wildman–Crippen MR) is 169 cm³/mol. The van der Waals surface area contributed by atoms with E-state index in [1.54, 1.807) is 0 Å². The molecule has 0 radical (unpaired) electrons. The molecule has 2 aromatic carbocycles. The monoisotopic (exact) mass is 538 g/mol. The lowest BCUT2D eigenvalue weighted by molar-refractivity contribution is 0.556. The normalized spacial score (nSPS) is 11.5. The molecule has 0 aliphatic heterocycles. The molecule has 0 amide bonds. The Kier molecular flexibility index (Phi) is 19.6. The van der Waals surface area contributed by atoms with Crippen LogP contribution in [-0.4, -0.2) is 4.55 Å². The molecular weight excluding hydrogens is 480 g/mol.